The zero-order valence-electron chi connectivity index (χ0n) is 19.0. The molecule has 2 fully saturated rings. The Morgan fingerprint density at radius 1 is 1.31 bits per heavy atom. The minimum absolute atomic E-state index is 0.362. The van der Waals surface area contributed by atoms with Crippen molar-refractivity contribution in [1.82, 2.24) is 24.8 Å². The summed E-state index contributed by atoms with van der Waals surface area (Å²) in [5.41, 5.74) is 6.14. The smallest absolute Gasteiger partial charge is 0.324 e. The maximum absolute atomic E-state index is 12.8. The fourth-order valence-electron chi connectivity index (χ4n) is 4.36. The lowest BCUT2D eigenvalue weighted by atomic mass is 9.98. The van der Waals surface area contributed by atoms with Crippen molar-refractivity contribution in [3.8, 4) is 10.6 Å². The Kier molecular flexibility index (Phi) is 6.04. The summed E-state index contributed by atoms with van der Waals surface area (Å²) in [7, 11) is 4.19. The van der Waals surface area contributed by atoms with Crippen molar-refractivity contribution in [3.63, 3.8) is 0 Å². The third-order valence-corrected chi connectivity index (χ3v) is 7.57. The minimum Gasteiger partial charge on any atom is -0.368 e. The highest BCUT2D eigenvalue weighted by Crippen LogP contribution is 2.34. The van der Waals surface area contributed by atoms with Gasteiger partial charge < -0.3 is 20.4 Å². The molecule has 0 unspecified atom stereocenters. The van der Waals surface area contributed by atoms with Crippen molar-refractivity contribution in [3.05, 3.63) is 18.0 Å². The summed E-state index contributed by atoms with van der Waals surface area (Å²) in [5, 5.41) is 3.31. The van der Waals surface area contributed by atoms with E-state index in [1.54, 1.807) is 13.1 Å². The van der Waals surface area contributed by atoms with Crippen molar-refractivity contribution in [2.24, 2.45) is 5.73 Å². The molecule has 0 aromatic carbocycles. The number of likely N-dealkylation sites (N-methyl/N-ethyl adjacent to an activating group) is 1. The summed E-state index contributed by atoms with van der Waals surface area (Å²) >= 11 is 1.36. The van der Waals surface area contributed by atoms with Crippen molar-refractivity contribution in [2.75, 3.05) is 43.9 Å². The Labute approximate surface area is 191 Å². The molecule has 32 heavy (non-hydrogen) atoms. The Morgan fingerprint density at radius 3 is 2.78 bits per heavy atom. The number of hydrogen-bond donors (Lipinski definition) is 2. The van der Waals surface area contributed by atoms with Gasteiger partial charge in [-0.05, 0) is 53.3 Å². The summed E-state index contributed by atoms with van der Waals surface area (Å²) in [6.45, 7) is 5.91. The maximum atomic E-state index is 12.8. The van der Waals surface area contributed by atoms with E-state index in [9.17, 15) is 9.59 Å². The molecule has 3 N–H and O–H groups in total. The predicted octanol–water partition coefficient (Wildman–Crippen LogP) is 1.92. The molecule has 172 valence electrons. The first-order chi connectivity index (χ1) is 15.2. The van der Waals surface area contributed by atoms with Crippen LogP contribution in [0.3, 0.4) is 0 Å². The zero-order valence-corrected chi connectivity index (χ0v) is 19.8. The van der Waals surface area contributed by atoms with Gasteiger partial charge in [-0.15, -0.1) is 0 Å². The molecular weight excluding hydrogens is 428 g/mol. The van der Waals surface area contributed by atoms with E-state index in [2.05, 4.69) is 39.2 Å². The number of aryl methyl sites for hydroxylation is 1. The van der Waals surface area contributed by atoms with Crippen LogP contribution < -0.4 is 16.0 Å². The Bertz CT molecular complexity index is 1020. The highest BCUT2D eigenvalue weighted by Gasteiger charge is 2.44. The summed E-state index contributed by atoms with van der Waals surface area (Å²) in [6.07, 6.45) is 4.15. The summed E-state index contributed by atoms with van der Waals surface area (Å²) in [4.78, 5) is 45.3. The fourth-order valence-corrected chi connectivity index (χ4v) is 5.29. The van der Waals surface area contributed by atoms with Gasteiger partial charge in [0.25, 0.3) is 0 Å². The van der Waals surface area contributed by atoms with Gasteiger partial charge in [0.05, 0.1) is 16.3 Å². The number of nitrogens with two attached hydrogens (primary N) is 1. The van der Waals surface area contributed by atoms with Crippen LogP contribution in [0.15, 0.2) is 12.3 Å². The quantitative estimate of drug-likeness (QED) is 0.702. The fraction of sp³-hybridized carbons (Fsp3) is 0.571. The van der Waals surface area contributed by atoms with Crippen LogP contribution in [0.2, 0.25) is 0 Å². The van der Waals surface area contributed by atoms with Crippen LogP contribution >= 0.6 is 11.3 Å². The monoisotopic (exact) mass is 458 g/mol. The first-order valence-electron chi connectivity index (χ1n) is 10.8. The first kappa shape index (κ1) is 22.4. The van der Waals surface area contributed by atoms with Crippen LogP contribution in [-0.2, 0) is 4.79 Å². The first-order valence-corrected chi connectivity index (χ1v) is 11.6. The Morgan fingerprint density at radius 2 is 2.09 bits per heavy atom. The second-order valence-electron chi connectivity index (χ2n) is 8.85. The molecular formula is C21H30N8O2S. The van der Waals surface area contributed by atoms with E-state index >= 15 is 0 Å². The lowest BCUT2D eigenvalue weighted by Crippen LogP contribution is -2.55. The van der Waals surface area contributed by atoms with E-state index in [0.717, 1.165) is 42.2 Å². The van der Waals surface area contributed by atoms with Gasteiger partial charge >= 0.3 is 6.03 Å². The van der Waals surface area contributed by atoms with Crippen LogP contribution in [0.1, 0.15) is 31.9 Å². The van der Waals surface area contributed by atoms with Crippen molar-refractivity contribution < 1.29 is 9.59 Å². The van der Waals surface area contributed by atoms with Crippen LogP contribution in [0.5, 0.6) is 0 Å². The third kappa shape index (κ3) is 4.14. The van der Waals surface area contributed by atoms with Gasteiger partial charge in [-0.25, -0.2) is 19.7 Å². The van der Waals surface area contributed by atoms with Crippen molar-refractivity contribution in [1.29, 1.82) is 0 Å². The topological polar surface area (TPSA) is 121 Å². The molecule has 4 heterocycles. The third-order valence-electron chi connectivity index (χ3n) is 6.48. The molecule has 0 spiro atoms. The zero-order chi connectivity index (χ0) is 23.0. The molecule has 3 amide bonds. The molecule has 11 heteroatoms. The second-order valence-corrected chi connectivity index (χ2v) is 9.85. The second kappa shape index (κ2) is 8.62. The van der Waals surface area contributed by atoms with Gasteiger partial charge in [0.2, 0.25) is 11.9 Å². The van der Waals surface area contributed by atoms with E-state index in [0.29, 0.717) is 30.1 Å². The average Bonchev–Trinajstić information content (AvgIpc) is 3.47. The maximum Gasteiger partial charge on any atom is 0.324 e. The normalized spacial score (nSPS) is 23.2. The number of urea groups is 1. The van der Waals surface area contributed by atoms with E-state index in [-0.39, 0.29) is 6.03 Å². The standard InChI is InChI=1S/C21H30N8O2S/c1-13-16(15-6-9-23-18(25-15)28-11-7-14(12-28)27(3)4)32-19(24-13)26-20(31)29-10-5-8-21(29,2)17(22)30/h6,9,14H,5,7-8,10-12H2,1-4H3,(H2,22,30)(H,24,26,31)/t14-,21+/m1/s1. The van der Waals surface area contributed by atoms with E-state index in [1.165, 1.54) is 16.2 Å². The molecule has 2 aliphatic heterocycles. The van der Waals surface area contributed by atoms with Crippen molar-refractivity contribution >= 4 is 34.4 Å². The number of carbonyl (C=O) groups excluding carboxylic acids is 2. The number of aromatic nitrogens is 3. The number of hydrogen-bond acceptors (Lipinski definition) is 8. The van der Waals surface area contributed by atoms with Gasteiger partial charge in [0.1, 0.15) is 5.54 Å². The number of nitrogens with one attached hydrogen (secondary N) is 1. The molecule has 0 bridgehead atoms. The number of amides is 3. The van der Waals surface area contributed by atoms with Crippen LogP contribution in [0.4, 0.5) is 15.9 Å². The number of carbonyl (C=O) groups is 2. The molecule has 2 aromatic heterocycles. The Balaban J connectivity index is 1.51. The molecule has 10 nitrogen and oxygen atoms in total. The predicted molar refractivity (Wildman–Crippen MR) is 125 cm³/mol. The number of nitrogens with zero attached hydrogens (tertiary/aromatic N) is 6. The van der Waals surface area contributed by atoms with Gasteiger partial charge in [-0.2, -0.15) is 0 Å². The van der Waals surface area contributed by atoms with Crippen LogP contribution in [-0.4, -0.2) is 82.0 Å². The van der Waals surface area contributed by atoms with Crippen LogP contribution in [0, 0.1) is 6.92 Å². The molecule has 4 rings (SSSR count). The Hall–Kier alpha value is -2.79. The van der Waals surface area contributed by atoms with E-state index < -0.39 is 11.4 Å². The van der Waals surface area contributed by atoms with E-state index in [4.69, 9.17) is 10.7 Å². The van der Waals surface area contributed by atoms with Gasteiger partial charge in [-0.3, -0.25) is 10.1 Å². The molecule has 0 radical (unpaired) electrons. The van der Waals surface area contributed by atoms with Crippen molar-refractivity contribution in [2.45, 2.75) is 44.7 Å². The number of thiazole rings is 1. The number of primary amides is 1. The molecule has 2 aromatic rings. The highest BCUT2D eigenvalue weighted by atomic mass is 32.1. The SMILES string of the molecule is Cc1nc(NC(=O)N2CCC[C@@]2(C)C(N)=O)sc1-c1ccnc(N2CC[C@@H](N(C)C)C2)n1. The highest BCUT2D eigenvalue weighted by molar-refractivity contribution is 7.19. The van der Waals surface area contributed by atoms with E-state index in [1.807, 2.05) is 13.0 Å². The van der Waals surface area contributed by atoms with Gasteiger partial charge in [-0.1, -0.05) is 11.3 Å². The van der Waals surface area contributed by atoms with Crippen LogP contribution in [0.25, 0.3) is 10.6 Å². The molecule has 2 atom stereocenters. The largest absolute Gasteiger partial charge is 0.368 e. The summed E-state index contributed by atoms with van der Waals surface area (Å²) < 4.78 is 0. The lowest BCUT2D eigenvalue weighted by Gasteiger charge is -2.31. The number of anilines is 2. The number of likely N-dealkylation sites (tertiary alicyclic amines) is 1. The minimum atomic E-state index is -0.971. The molecule has 2 aliphatic rings. The van der Waals surface area contributed by atoms with Gasteiger partial charge in [0.15, 0.2) is 5.13 Å². The molecule has 0 saturated carbocycles. The number of rotatable bonds is 5. The molecule has 0 aliphatic carbocycles. The molecule has 2 saturated heterocycles. The average molecular weight is 459 g/mol. The van der Waals surface area contributed by atoms with Gasteiger partial charge in [0, 0.05) is 31.9 Å². The summed E-state index contributed by atoms with van der Waals surface area (Å²) in [5.74, 6) is 0.215. The lowest BCUT2D eigenvalue weighted by molar-refractivity contribution is -0.126. The summed E-state index contributed by atoms with van der Waals surface area (Å²) in [6, 6.07) is 1.99.